The Balaban J connectivity index is 1.72. The summed E-state index contributed by atoms with van der Waals surface area (Å²) >= 11 is 0. The molecule has 0 bridgehead atoms. The lowest BCUT2D eigenvalue weighted by molar-refractivity contribution is -0.135. The molecule has 1 amide bonds. The number of carbonyl (C=O) groups is 1. The summed E-state index contributed by atoms with van der Waals surface area (Å²) in [4.78, 5) is 13.9. The molecule has 0 radical (unpaired) electrons. The van der Waals surface area contributed by atoms with E-state index in [0.717, 1.165) is 26.2 Å². The zero-order valence-corrected chi connectivity index (χ0v) is 12.4. The molecule has 20 heavy (non-hydrogen) atoms. The molecule has 2 rings (SSSR count). The first kappa shape index (κ1) is 15.0. The minimum absolute atomic E-state index is 0.224. The van der Waals surface area contributed by atoms with Crippen LogP contribution < -0.4 is 5.32 Å². The van der Waals surface area contributed by atoms with Gasteiger partial charge >= 0.3 is 0 Å². The van der Waals surface area contributed by atoms with Crippen molar-refractivity contribution < 1.29 is 9.53 Å². The molecular formula is C16H24N2O2. The summed E-state index contributed by atoms with van der Waals surface area (Å²) in [6.07, 6.45) is 0.560. The summed E-state index contributed by atoms with van der Waals surface area (Å²) in [7, 11) is 0. The van der Waals surface area contributed by atoms with Crippen LogP contribution in [-0.2, 0) is 16.1 Å². The molecule has 1 heterocycles. The fraction of sp³-hybridized carbons (Fsp3) is 0.562. The quantitative estimate of drug-likeness (QED) is 0.831. The molecule has 1 N–H and O–H groups in total. The van der Waals surface area contributed by atoms with E-state index in [1.54, 1.807) is 0 Å². The number of nitrogens with one attached hydrogen (secondary N) is 1. The molecule has 1 aliphatic rings. The molecule has 1 aromatic carbocycles. The van der Waals surface area contributed by atoms with Gasteiger partial charge in [0.05, 0.1) is 13.2 Å². The monoisotopic (exact) mass is 276 g/mol. The van der Waals surface area contributed by atoms with Gasteiger partial charge in [0.2, 0.25) is 5.91 Å². The highest BCUT2D eigenvalue weighted by molar-refractivity contribution is 5.76. The first-order valence-electron chi connectivity index (χ1n) is 7.30. The fourth-order valence-electron chi connectivity index (χ4n) is 2.51. The number of carbonyl (C=O) groups excluding carboxylic acids is 1. The zero-order chi connectivity index (χ0) is 14.4. The molecule has 0 saturated carbocycles. The number of rotatable bonds is 5. The minimum atomic E-state index is 0.224. The summed E-state index contributed by atoms with van der Waals surface area (Å²) in [5.41, 5.74) is 3.94. The normalized spacial score (nSPS) is 15.4. The van der Waals surface area contributed by atoms with Gasteiger partial charge in [0, 0.05) is 32.6 Å². The standard InChI is InChI=1S/C16H24N2O2/c1-13-4-3-5-14(2)15(13)12-17-7-6-16(19)18-8-10-20-11-9-18/h3-5,17H,6-12H2,1-2H3. The molecule has 0 unspecified atom stereocenters. The number of nitrogens with zero attached hydrogens (tertiary/aromatic N) is 1. The molecule has 0 atom stereocenters. The largest absolute Gasteiger partial charge is 0.378 e. The highest BCUT2D eigenvalue weighted by Crippen LogP contribution is 2.12. The van der Waals surface area contributed by atoms with Crippen molar-refractivity contribution in [2.45, 2.75) is 26.8 Å². The fourth-order valence-corrected chi connectivity index (χ4v) is 2.51. The molecule has 0 aliphatic carbocycles. The maximum Gasteiger partial charge on any atom is 0.224 e. The Morgan fingerprint density at radius 3 is 2.55 bits per heavy atom. The topological polar surface area (TPSA) is 41.6 Å². The summed E-state index contributed by atoms with van der Waals surface area (Å²) in [6, 6.07) is 6.34. The second-order valence-corrected chi connectivity index (χ2v) is 5.29. The second-order valence-electron chi connectivity index (χ2n) is 5.29. The highest BCUT2D eigenvalue weighted by atomic mass is 16.5. The van der Waals surface area contributed by atoms with Gasteiger partial charge in [0.15, 0.2) is 0 Å². The number of morpholine rings is 1. The first-order valence-corrected chi connectivity index (χ1v) is 7.30. The minimum Gasteiger partial charge on any atom is -0.378 e. The SMILES string of the molecule is Cc1cccc(C)c1CNCCC(=O)N1CCOCC1. The molecule has 0 aromatic heterocycles. The van der Waals surface area contributed by atoms with Crippen LogP contribution in [-0.4, -0.2) is 43.7 Å². The van der Waals surface area contributed by atoms with Gasteiger partial charge in [-0.2, -0.15) is 0 Å². The molecular weight excluding hydrogens is 252 g/mol. The van der Waals surface area contributed by atoms with E-state index in [2.05, 4.69) is 37.4 Å². The summed E-state index contributed by atoms with van der Waals surface area (Å²) in [5.74, 6) is 0.224. The molecule has 4 nitrogen and oxygen atoms in total. The highest BCUT2D eigenvalue weighted by Gasteiger charge is 2.15. The van der Waals surface area contributed by atoms with Crippen LogP contribution in [0.4, 0.5) is 0 Å². The Kier molecular flexibility index (Phi) is 5.56. The number of hydrogen-bond donors (Lipinski definition) is 1. The van der Waals surface area contributed by atoms with E-state index in [1.807, 2.05) is 4.90 Å². The van der Waals surface area contributed by atoms with E-state index in [9.17, 15) is 4.79 Å². The third-order valence-electron chi connectivity index (χ3n) is 3.83. The van der Waals surface area contributed by atoms with E-state index >= 15 is 0 Å². The van der Waals surface area contributed by atoms with Crippen molar-refractivity contribution in [1.29, 1.82) is 0 Å². The van der Waals surface area contributed by atoms with Crippen LogP contribution in [0.5, 0.6) is 0 Å². The molecule has 1 aliphatic heterocycles. The van der Waals surface area contributed by atoms with Crippen molar-refractivity contribution in [2.24, 2.45) is 0 Å². The van der Waals surface area contributed by atoms with Gasteiger partial charge in [0.1, 0.15) is 0 Å². The average Bonchev–Trinajstić information content (AvgIpc) is 2.46. The van der Waals surface area contributed by atoms with Crippen LogP contribution in [0.3, 0.4) is 0 Å². The number of amides is 1. The zero-order valence-electron chi connectivity index (χ0n) is 12.4. The van der Waals surface area contributed by atoms with Crippen LogP contribution in [0.1, 0.15) is 23.1 Å². The van der Waals surface area contributed by atoms with E-state index in [0.29, 0.717) is 19.6 Å². The molecule has 0 spiro atoms. The number of hydrogen-bond acceptors (Lipinski definition) is 3. The molecule has 1 aromatic rings. The lowest BCUT2D eigenvalue weighted by Gasteiger charge is -2.26. The third-order valence-corrected chi connectivity index (χ3v) is 3.83. The van der Waals surface area contributed by atoms with Gasteiger partial charge in [0.25, 0.3) is 0 Å². The van der Waals surface area contributed by atoms with E-state index in [1.165, 1.54) is 16.7 Å². The van der Waals surface area contributed by atoms with E-state index < -0.39 is 0 Å². The predicted molar refractivity (Wildman–Crippen MR) is 79.6 cm³/mol. The lowest BCUT2D eigenvalue weighted by Crippen LogP contribution is -2.41. The molecule has 1 saturated heterocycles. The van der Waals surface area contributed by atoms with Crippen molar-refractivity contribution in [2.75, 3.05) is 32.8 Å². The summed E-state index contributed by atoms with van der Waals surface area (Å²) in [5, 5.41) is 3.37. The predicted octanol–water partition coefficient (Wildman–Crippen LogP) is 1.64. The van der Waals surface area contributed by atoms with Crippen LogP contribution in [0.2, 0.25) is 0 Å². The third kappa shape index (κ3) is 4.05. The Morgan fingerprint density at radius 2 is 1.90 bits per heavy atom. The first-order chi connectivity index (χ1) is 9.68. The maximum atomic E-state index is 12.0. The van der Waals surface area contributed by atoms with Crippen LogP contribution in [0, 0.1) is 13.8 Å². The Hall–Kier alpha value is -1.39. The van der Waals surface area contributed by atoms with Crippen LogP contribution in [0.15, 0.2) is 18.2 Å². The Labute approximate surface area is 121 Å². The molecule has 4 heteroatoms. The summed E-state index contributed by atoms with van der Waals surface area (Å²) in [6.45, 7) is 8.61. The van der Waals surface area contributed by atoms with Crippen molar-refractivity contribution in [1.82, 2.24) is 10.2 Å². The average molecular weight is 276 g/mol. The van der Waals surface area contributed by atoms with Crippen LogP contribution >= 0.6 is 0 Å². The number of aryl methyl sites for hydroxylation is 2. The van der Waals surface area contributed by atoms with Crippen LogP contribution in [0.25, 0.3) is 0 Å². The maximum absolute atomic E-state index is 12.0. The van der Waals surface area contributed by atoms with Crippen molar-refractivity contribution in [3.05, 3.63) is 34.9 Å². The second kappa shape index (κ2) is 7.41. The van der Waals surface area contributed by atoms with Gasteiger partial charge < -0.3 is 15.0 Å². The molecule has 1 fully saturated rings. The Bertz CT molecular complexity index is 434. The Morgan fingerprint density at radius 1 is 1.25 bits per heavy atom. The van der Waals surface area contributed by atoms with Gasteiger partial charge in [-0.15, -0.1) is 0 Å². The molecule has 110 valence electrons. The van der Waals surface area contributed by atoms with Crippen molar-refractivity contribution >= 4 is 5.91 Å². The number of benzene rings is 1. The van der Waals surface area contributed by atoms with E-state index in [-0.39, 0.29) is 5.91 Å². The smallest absolute Gasteiger partial charge is 0.224 e. The van der Waals surface area contributed by atoms with E-state index in [4.69, 9.17) is 4.74 Å². The van der Waals surface area contributed by atoms with Gasteiger partial charge in [-0.25, -0.2) is 0 Å². The van der Waals surface area contributed by atoms with Gasteiger partial charge in [-0.1, -0.05) is 18.2 Å². The van der Waals surface area contributed by atoms with Crippen molar-refractivity contribution in [3.63, 3.8) is 0 Å². The summed E-state index contributed by atoms with van der Waals surface area (Å²) < 4.78 is 5.25. The van der Waals surface area contributed by atoms with Gasteiger partial charge in [-0.3, -0.25) is 4.79 Å². The lowest BCUT2D eigenvalue weighted by atomic mass is 10.0. The number of ether oxygens (including phenoxy) is 1. The van der Waals surface area contributed by atoms with Gasteiger partial charge in [-0.05, 0) is 30.5 Å². The van der Waals surface area contributed by atoms with Crippen molar-refractivity contribution in [3.8, 4) is 0 Å².